The molecule has 1 aromatic carbocycles. The smallest absolute Gasteiger partial charge is 0.340 e. The second-order valence-electron chi connectivity index (χ2n) is 4.48. The minimum Gasteiger partial charge on any atom is -0.465 e. The Morgan fingerprint density at radius 1 is 1.45 bits per heavy atom. The summed E-state index contributed by atoms with van der Waals surface area (Å²) in [5.41, 5.74) is 6.73. The standard InChI is InChI=1S/C13H15N3O4/c1-7-12(18)15-11(17)6-16(7)10-4-3-8(14)5-9(10)13(19)20-2/h3-5,7H,6,14H2,1-2H3,(H,15,17,18). The SMILES string of the molecule is COC(=O)c1cc(N)ccc1N1CC(=O)NC(=O)C1C. The lowest BCUT2D eigenvalue weighted by Crippen LogP contribution is -2.57. The lowest BCUT2D eigenvalue weighted by atomic mass is 10.1. The number of carbonyl (C=O) groups is 3. The number of nitrogens with zero attached hydrogens (tertiary/aromatic N) is 1. The summed E-state index contributed by atoms with van der Waals surface area (Å²) in [5.74, 6) is -1.40. The summed E-state index contributed by atoms with van der Waals surface area (Å²) >= 11 is 0. The lowest BCUT2D eigenvalue weighted by molar-refractivity contribution is -0.132. The van der Waals surface area contributed by atoms with E-state index in [9.17, 15) is 14.4 Å². The van der Waals surface area contributed by atoms with E-state index in [1.807, 2.05) is 0 Å². The molecule has 3 N–H and O–H groups in total. The molecule has 2 amide bonds. The molecule has 0 aliphatic carbocycles. The van der Waals surface area contributed by atoms with Gasteiger partial charge in [0.15, 0.2) is 0 Å². The predicted octanol–water partition coefficient (Wildman–Crippen LogP) is -0.0933. The van der Waals surface area contributed by atoms with Gasteiger partial charge in [-0.1, -0.05) is 0 Å². The van der Waals surface area contributed by atoms with Crippen LogP contribution < -0.4 is 16.0 Å². The minimum atomic E-state index is -0.571. The highest BCUT2D eigenvalue weighted by molar-refractivity contribution is 6.06. The molecule has 20 heavy (non-hydrogen) atoms. The fraction of sp³-hybridized carbons (Fsp3) is 0.308. The summed E-state index contributed by atoms with van der Waals surface area (Å²) in [4.78, 5) is 36.6. The number of imide groups is 1. The Bertz CT molecular complexity index is 585. The monoisotopic (exact) mass is 277 g/mol. The van der Waals surface area contributed by atoms with Gasteiger partial charge in [0.25, 0.3) is 0 Å². The number of nitrogens with one attached hydrogen (secondary N) is 1. The van der Waals surface area contributed by atoms with Crippen molar-refractivity contribution < 1.29 is 19.1 Å². The quantitative estimate of drug-likeness (QED) is 0.445. The largest absolute Gasteiger partial charge is 0.465 e. The first-order valence-electron chi connectivity index (χ1n) is 6.02. The number of hydrogen-bond acceptors (Lipinski definition) is 6. The van der Waals surface area contributed by atoms with Gasteiger partial charge in [0.2, 0.25) is 11.8 Å². The van der Waals surface area contributed by atoms with Crippen LogP contribution >= 0.6 is 0 Å². The van der Waals surface area contributed by atoms with Gasteiger partial charge in [0, 0.05) is 5.69 Å². The van der Waals surface area contributed by atoms with Crippen molar-refractivity contribution in [2.75, 3.05) is 24.3 Å². The molecule has 1 heterocycles. The fourth-order valence-electron chi connectivity index (χ4n) is 2.09. The minimum absolute atomic E-state index is 0.0131. The number of nitrogen functional groups attached to an aromatic ring is 1. The molecule has 1 aliphatic heterocycles. The normalized spacial score (nSPS) is 18.7. The van der Waals surface area contributed by atoms with Gasteiger partial charge < -0.3 is 15.4 Å². The topological polar surface area (TPSA) is 102 Å². The highest BCUT2D eigenvalue weighted by Gasteiger charge is 2.32. The van der Waals surface area contributed by atoms with Crippen LogP contribution in [0.15, 0.2) is 18.2 Å². The van der Waals surface area contributed by atoms with Crippen LogP contribution in [0.2, 0.25) is 0 Å². The van der Waals surface area contributed by atoms with E-state index in [0.717, 1.165) is 0 Å². The summed E-state index contributed by atoms with van der Waals surface area (Å²) in [7, 11) is 1.26. The summed E-state index contributed by atoms with van der Waals surface area (Å²) < 4.78 is 4.71. The van der Waals surface area contributed by atoms with E-state index in [1.165, 1.54) is 13.2 Å². The summed E-state index contributed by atoms with van der Waals surface area (Å²) in [6, 6.07) is 4.10. The number of anilines is 2. The molecule has 7 nitrogen and oxygen atoms in total. The Hall–Kier alpha value is -2.57. The predicted molar refractivity (Wildman–Crippen MR) is 72.2 cm³/mol. The van der Waals surface area contributed by atoms with Crippen molar-refractivity contribution in [1.82, 2.24) is 5.32 Å². The molecule has 0 spiro atoms. The zero-order valence-corrected chi connectivity index (χ0v) is 11.2. The maximum absolute atomic E-state index is 11.8. The van der Waals surface area contributed by atoms with Crippen molar-refractivity contribution in [3.8, 4) is 0 Å². The zero-order chi connectivity index (χ0) is 14.9. The van der Waals surface area contributed by atoms with Crippen LogP contribution in [0.4, 0.5) is 11.4 Å². The molecule has 1 saturated heterocycles. The second-order valence-corrected chi connectivity index (χ2v) is 4.48. The maximum Gasteiger partial charge on any atom is 0.340 e. The molecule has 0 saturated carbocycles. The Kier molecular flexibility index (Phi) is 3.60. The number of carbonyl (C=O) groups excluding carboxylic acids is 3. The van der Waals surface area contributed by atoms with Gasteiger partial charge in [-0.15, -0.1) is 0 Å². The molecule has 1 aliphatic rings. The van der Waals surface area contributed by atoms with Crippen molar-refractivity contribution in [2.24, 2.45) is 0 Å². The zero-order valence-electron chi connectivity index (χ0n) is 11.2. The van der Waals surface area contributed by atoms with Crippen molar-refractivity contribution in [1.29, 1.82) is 0 Å². The third-order valence-corrected chi connectivity index (χ3v) is 3.16. The first-order valence-corrected chi connectivity index (χ1v) is 6.02. The van der Waals surface area contributed by atoms with Gasteiger partial charge in [0.1, 0.15) is 6.04 Å². The molecule has 7 heteroatoms. The van der Waals surface area contributed by atoms with Gasteiger partial charge >= 0.3 is 5.97 Å². The lowest BCUT2D eigenvalue weighted by Gasteiger charge is -2.34. The van der Waals surface area contributed by atoms with Crippen LogP contribution in [0.1, 0.15) is 17.3 Å². The summed E-state index contributed by atoms with van der Waals surface area (Å²) in [6.45, 7) is 1.64. The molecule has 0 aromatic heterocycles. The highest BCUT2D eigenvalue weighted by atomic mass is 16.5. The van der Waals surface area contributed by atoms with E-state index < -0.39 is 23.8 Å². The molecule has 1 aromatic rings. The molecule has 1 unspecified atom stereocenters. The van der Waals surface area contributed by atoms with Gasteiger partial charge in [-0.25, -0.2) is 4.79 Å². The molecule has 2 rings (SSSR count). The van der Waals surface area contributed by atoms with Crippen LogP contribution in [-0.2, 0) is 14.3 Å². The van der Waals surface area contributed by atoms with E-state index in [2.05, 4.69) is 5.32 Å². The molecule has 0 radical (unpaired) electrons. The van der Waals surface area contributed by atoms with Crippen LogP contribution in [-0.4, -0.2) is 37.5 Å². The van der Waals surface area contributed by atoms with E-state index >= 15 is 0 Å². The number of esters is 1. The molecule has 0 bridgehead atoms. The summed E-state index contributed by atoms with van der Waals surface area (Å²) in [6.07, 6.45) is 0. The van der Waals surface area contributed by atoms with E-state index in [1.54, 1.807) is 24.0 Å². The average molecular weight is 277 g/mol. The van der Waals surface area contributed by atoms with Crippen molar-refractivity contribution >= 4 is 29.2 Å². The first kappa shape index (κ1) is 13.9. The van der Waals surface area contributed by atoms with Gasteiger partial charge in [-0.05, 0) is 25.1 Å². The molecule has 1 fully saturated rings. The van der Waals surface area contributed by atoms with E-state index in [0.29, 0.717) is 11.4 Å². The average Bonchev–Trinajstić information content (AvgIpc) is 2.42. The number of rotatable bonds is 2. The number of benzene rings is 1. The van der Waals surface area contributed by atoms with Crippen LogP contribution in [0.5, 0.6) is 0 Å². The Balaban J connectivity index is 2.48. The molecule has 106 valence electrons. The number of methoxy groups -OCH3 is 1. The number of ether oxygens (including phenoxy) is 1. The summed E-state index contributed by atoms with van der Waals surface area (Å²) in [5, 5.41) is 2.24. The molecular formula is C13H15N3O4. The number of piperazine rings is 1. The number of hydrogen-bond donors (Lipinski definition) is 2. The third-order valence-electron chi connectivity index (χ3n) is 3.16. The number of amides is 2. The van der Waals surface area contributed by atoms with Gasteiger partial charge in [0.05, 0.1) is 24.9 Å². The van der Waals surface area contributed by atoms with Crippen LogP contribution in [0.3, 0.4) is 0 Å². The van der Waals surface area contributed by atoms with E-state index in [-0.39, 0.29) is 12.1 Å². The fourth-order valence-corrected chi connectivity index (χ4v) is 2.09. The number of nitrogens with two attached hydrogens (primary N) is 1. The van der Waals surface area contributed by atoms with Crippen LogP contribution in [0.25, 0.3) is 0 Å². The van der Waals surface area contributed by atoms with Crippen molar-refractivity contribution in [3.05, 3.63) is 23.8 Å². The molecule has 1 atom stereocenters. The van der Waals surface area contributed by atoms with Crippen molar-refractivity contribution in [2.45, 2.75) is 13.0 Å². The second kappa shape index (κ2) is 5.20. The van der Waals surface area contributed by atoms with Gasteiger partial charge in [-0.3, -0.25) is 14.9 Å². The highest BCUT2D eigenvalue weighted by Crippen LogP contribution is 2.26. The molecular weight excluding hydrogens is 262 g/mol. The third kappa shape index (κ3) is 2.42. The van der Waals surface area contributed by atoms with E-state index in [4.69, 9.17) is 10.5 Å². The van der Waals surface area contributed by atoms with Crippen LogP contribution in [0, 0.1) is 0 Å². The van der Waals surface area contributed by atoms with Gasteiger partial charge in [-0.2, -0.15) is 0 Å². The maximum atomic E-state index is 11.8. The Labute approximate surface area is 115 Å². The van der Waals surface area contributed by atoms with Crippen molar-refractivity contribution in [3.63, 3.8) is 0 Å². The Morgan fingerprint density at radius 3 is 2.80 bits per heavy atom. The first-order chi connectivity index (χ1) is 9.43. The Morgan fingerprint density at radius 2 is 2.15 bits per heavy atom.